The van der Waals surface area contributed by atoms with Crippen LogP contribution < -0.4 is 16.6 Å². The molecule has 1 fully saturated rings. The number of hydrogen-bond donors (Lipinski definition) is 2. The number of H-pyrrole nitrogens is 1. The molecule has 0 bridgehead atoms. The van der Waals surface area contributed by atoms with Crippen LogP contribution in [0, 0.1) is 12.7 Å². The van der Waals surface area contributed by atoms with Gasteiger partial charge in [-0.1, -0.05) is 17.7 Å². The van der Waals surface area contributed by atoms with E-state index in [9.17, 15) is 18.4 Å². The van der Waals surface area contributed by atoms with E-state index in [0.29, 0.717) is 37.4 Å². The van der Waals surface area contributed by atoms with Crippen molar-refractivity contribution in [2.75, 3.05) is 25.1 Å². The molecule has 0 radical (unpaired) electrons. The Morgan fingerprint density at radius 1 is 1.15 bits per heavy atom. The monoisotopic (exact) mass is 379 g/mol. The number of ether oxygens (including phenoxy) is 1. The summed E-state index contributed by atoms with van der Waals surface area (Å²) in [5.74, 6) is 0.197. The van der Waals surface area contributed by atoms with Crippen molar-refractivity contribution in [3.63, 3.8) is 0 Å². The van der Waals surface area contributed by atoms with Gasteiger partial charge in [-0.25, -0.2) is 13.6 Å². The maximum atomic E-state index is 13.4. The van der Waals surface area contributed by atoms with Gasteiger partial charge in [-0.3, -0.25) is 14.3 Å². The van der Waals surface area contributed by atoms with E-state index in [-0.39, 0.29) is 30.4 Å². The van der Waals surface area contributed by atoms with Gasteiger partial charge in [0, 0.05) is 32.2 Å². The van der Waals surface area contributed by atoms with Gasteiger partial charge in [0.05, 0.1) is 5.56 Å². The number of rotatable bonds is 1. The highest BCUT2D eigenvalue weighted by atomic mass is 19.1. The highest BCUT2D eigenvalue weighted by Crippen LogP contribution is 2.20. The molecule has 1 unspecified atom stereocenters. The van der Waals surface area contributed by atoms with Gasteiger partial charge in [0.25, 0.3) is 5.56 Å². The molecule has 2 aliphatic rings. The molecule has 1 saturated heterocycles. The average Bonchev–Trinajstić information content (AvgIpc) is 2.66. The summed E-state index contributed by atoms with van der Waals surface area (Å²) in [6.45, 7) is 3.14. The van der Waals surface area contributed by atoms with E-state index in [1.54, 1.807) is 12.1 Å². The number of halogens is 2. The van der Waals surface area contributed by atoms with E-state index in [4.69, 9.17) is 4.74 Å². The van der Waals surface area contributed by atoms with Gasteiger partial charge in [-0.15, -0.1) is 0 Å². The molecule has 2 N–H and O–H groups in total. The summed E-state index contributed by atoms with van der Waals surface area (Å²) in [4.78, 5) is 27.0. The predicted molar refractivity (Wildman–Crippen MR) is 98.6 cm³/mol. The predicted octanol–water partition coefficient (Wildman–Crippen LogP) is 2.33. The molecule has 2 aromatic rings. The number of alkyl halides is 1. The molecule has 146 valence electrons. The van der Waals surface area contributed by atoms with E-state index < -0.39 is 11.9 Å². The maximum Gasteiger partial charge on any atom is 0.330 e. The smallest absolute Gasteiger partial charge is 0.330 e. The summed E-state index contributed by atoms with van der Waals surface area (Å²) in [6.07, 6.45) is 0.234. The molecule has 0 spiro atoms. The van der Waals surface area contributed by atoms with E-state index in [2.05, 4.69) is 10.3 Å². The van der Waals surface area contributed by atoms with Crippen molar-refractivity contribution < 1.29 is 13.5 Å². The summed E-state index contributed by atoms with van der Waals surface area (Å²) >= 11 is 0. The van der Waals surface area contributed by atoms with E-state index >= 15 is 0 Å². The first-order valence-corrected chi connectivity index (χ1v) is 9.01. The molecule has 1 aromatic heterocycles. The second-order valence-corrected chi connectivity index (χ2v) is 6.78. The Kier molecular flexibility index (Phi) is 6.05. The summed E-state index contributed by atoms with van der Waals surface area (Å²) in [5.41, 5.74) is 0.622. The number of hydrogen-bond acceptors (Lipinski definition) is 4. The van der Waals surface area contributed by atoms with Crippen LogP contribution in [-0.4, -0.2) is 35.5 Å². The number of nitrogens with one attached hydrogen (secondary N) is 2. The molecule has 2 aliphatic heterocycles. The van der Waals surface area contributed by atoms with Crippen LogP contribution in [0.5, 0.6) is 0 Å². The second-order valence-electron chi connectivity index (χ2n) is 6.78. The number of fused-ring (bicyclic) bond motifs is 1. The molecular formula is C19H23F2N3O3. The zero-order valence-electron chi connectivity index (χ0n) is 15.1. The first-order chi connectivity index (χ1) is 13.0. The van der Waals surface area contributed by atoms with E-state index in [0.717, 1.165) is 5.56 Å². The van der Waals surface area contributed by atoms with Crippen LogP contribution in [-0.2, 0) is 11.2 Å². The van der Waals surface area contributed by atoms with Crippen molar-refractivity contribution in [1.29, 1.82) is 0 Å². The van der Waals surface area contributed by atoms with Gasteiger partial charge in [0.15, 0.2) is 0 Å². The fourth-order valence-electron chi connectivity index (χ4n) is 3.24. The molecule has 0 amide bonds. The van der Waals surface area contributed by atoms with Crippen molar-refractivity contribution >= 4 is 5.82 Å². The summed E-state index contributed by atoms with van der Waals surface area (Å²) in [6, 6.07) is 6.24. The van der Waals surface area contributed by atoms with Crippen molar-refractivity contribution in [3.8, 4) is 0 Å². The summed E-state index contributed by atoms with van der Waals surface area (Å²) < 4.78 is 31.9. The minimum Gasteiger partial charge on any atom is -0.381 e. The molecule has 27 heavy (non-hydrogen) atoms. The van der Waals surface area contributed by atoms with Crippen molar-refractivity contribution in [2.45, 2.75) is 38.4 Å². The van der Waals surface area contributed by atoms with E-state index in [1.807, 2.05) is 6.92 Å². The SMILES string of the molecule is Cc1ccc(F)cc1.O=c1[nH]c2c(c(=O)n1C1CCOCC1)CC(F)CN2. The highest BCUT2D eigenvalue weighted by molar-refractivity contribution is 5.45. The van der Waals surface area contributed by atoms with Crippen LogP contribution in [0.2, 0.25) is 0 Å². The largest absolute Gasteiger partial charge is 0.381 e. The molecule has 6 nitrogen and oxygen atoms in total. The van der Waals surface area contributed by atoms with Crippen LogP contribution >= 0.6 is 0 Å². The Morgan fingerprint density at radius 3 is 2.44 bits per heavy atom. The van der Waals surface area contributed by atoms with Gasteiger partial charge in [-0.2, -0.15) is 0 Å². The lowest BCUT2D eigenvalue weighted by atomic mass is 10.1. The third-order valence-electron chi connectivity index (χ3n) is 4.72. The summed E-state index contributed by atoms with van der Waals surface area (Å²) in [5, 5.41) is 2.76. The highest BCUT2D eigenvalue weighted by Gasteiger charge is 2.26. The minimum atomic E-state index is -1.09. The topological polar surface area (TPSA) is 76.1 Å². The minimum absolute atomic E-state index is 0.0567. The molecule has 0 saturated carbocycles. The normalized spacial score (nSPS) is 19.4. The fraction of sp³-hybridized carbons (Fsp3) is 0.474. The Labute approximate surface area is 155 Å². The molecule has 1 aromatic carbocycles. The van der Waals surface area contributed by atoms with Gasteiger partial charge in [0.2, 0.25) is 0 Å². The zero-order valence-corrected chi connectivity index (χ0v) is 15.1. The van der Waals surface area contributed by atoms with Crippen LogP contribution in [0.1, 0.15) is 30.0 Å². The number of aryl methyl sites for hydroxylation is 1. The second kappa shape index (κ2) is 8.47. The average molecular weight is 379 g/mol. The first-order valence-electron chi connectivity index (χ1n) is 9.01. The molecule has 8 heteroatoms. The Morgan fingerprint density at radius 2 is 1.81 bits per heavy atom. The molecule has 3 heterocycles. The molecule has 4 rings (SSSR count). The van der Waals surface area contributed by atoms with Gasteiger partial charge in [0.1, 0.15) is 17.8 Å². The third-order valence-corrected chi connectivity index (χ3v) is 4.72. The lowest BCUT2D eigenvalue weighted by molar-refractivity contribution is 0.0673. The van der Waals surface area contributed by atoms with Crippen molar-refractivity contribution in [2.24, 2.45) is 0 Å². The Balaban J connectivity index is 0.000000221. The van der Waals surface area contributed by atoms with Crippen LogP contribution in [0.25, 0.3) is 0 Å². The fourth-order valence-corrected chi connectivity index (χ4v) is 3.24. The Hall–Kier alpha value is -2.48. The standard InChI is InChI=1S/C12H16FN3O3.C7H7F/c13-7-5-9-10(14-6-7)15-12(18)16(11(9)17)8-1-3-19-4-2-8;1-6-2-4-7(8)5-3-6/h7-8,14H,1-6H2,(H,15,18);2-5H,1H3. The number of benzene rings is 1. The van der Waals surface area contributed by atoms with Crippen molar-refractivity contribution in [3.05, 3.63) is 62.0 Å². The van der Waals surface area contributed by atoms with Gasteiger partial charge < -0.3 is 10.1 Å². The number of anilines is 1. The lowest BCUT2D eigenvalue weighted by Gasteiger charge is -2.26. The number of nitrogens with zero attached hydrogens (tertiary/aromatic N) is 1. The lowest BCUT2D eigenvalue weighted by Crippen LogP contribution is -2.44. The van der Waals surface area contributed by atoms with Crippen molar-refractivity contribution in [1.82, 2.24) is 9.55 Å². The molecule has 1 atom stereocenters. The quantitative estimate of drug-likeness (QED) is 0.797. The maximum absolute atomic E-state index is 13.4. The molecule has 0 aliphatic carbocycles. The van der Waals surface area contributed by atoms with Crippen LogP contribution in [0.3, 0.4) is 0 Å². The van der Waals surface area contributed by atoms with E-state index in [1.165, 1.54) is 16.7 Å². The first kappa shape index (κ1) is 19.3. The number of aromatic amines is 1. The third kappa shape index (κ3) is 4.63. The zero-order chi connectivity index (χ0) is 19.4. The number of aromatic nitrogens is 2. The Bertz CT molecular complexity index is 866. The van der Waals surface area contributed by atoms with Crippen LogP contribution in [0.4, 0.5) is 14.6 Å². The van der Waals surface area contributed by atoms with Crippen LogP contribution in [0.15, 0.2) is 33.9 Å². The summed E-state index contributed by atoms with van der Waals surface area (Å²) in [7, 11) is 0. The molecular weight excluding hydrogens is 356 g/mol. The van der Waals surface area contributed by atoms with Gasteiger partial charge >= 0.3 is 5.69 Å². The van der Waals surface area contributed by atoms with Gasteiger partial charge in [-0.05, 0) is 31.9 Å².